The first-order chi connectivity index (χ1) is 16.5. The molecule has 10 nitrogen and oxygen atoms in total. The summed E-state index contributed by atoms with van der Waals surface area (Å²) in [5.74, 6) is -0.675. The molecule has 1 aliphatic heterocycles. The zero-order chi connectivity index (χ0) is 24.1. The number of esters is 1. The van der Waals surface area contributed by atoms with Crippen molar-refractivity contribution in [2.45, 2.75) is 6.92 Å². The molecular formula is C23H23FN6O4. The van der Waals surface area contributed by atoms with Crippen molar-refractivity contribution in [2.24, 2.45) is 0 Å². The number of ether oxygens (including phenoxy) is 1. The number of carbonyl (C=O) groups is 1. The van der Waals surface area contributed by atoms with Crippen LogP contribution in [0.4, 0.5) is 33.1 Å². The van der Waals surface area contributed by atoms with Crippen molar-refractivity contribution in [2.75, 3.05) is 47.9 Å². The van der Waals surface area contributed by atoms with E-state index in [4.69, 9.17) is 4.74 Å². The second kappa shape index (κ2) is 10.1. The number of rotatable bonds is 7. The van der Waals surface area contributed by atoms with E-state index in [-0.39, 0.29) is 35.3 Å². The Balaban J connectivity index is 1.58. The molecule has 3 aromatic rings. The van der Waals surface area contributed by atoms with Crippen LogP contribution in [0, 0.1) is 15.9 Å². The molecule has 1 N–H and O–H groups in total. The third-order valence-electron chi connectivity index (χ3n) is 5.43. The summed E-state index contributed by atoms with van der Waals surface area (Å²) in [4.78, 5) is 36.0. The van der Waals surface area contributed by atoms with Gasteiger partial charge >= 0.3 is 11.7 Å². The Kier molecular flexibility index (Phi) is 6.81. The van der Waals surface area contributed by atoms with E-state index < -0.39 is 10.9 Å². The van der Waals surface area contributed by atoms with Crippen LogP contribution in [-0.2, 0) is 4.74 Å². The summed E-state index contributed by atoms with van der Waals surface area (Å²) in [6.45, 7) is 4.03. The number of nitrogens with zero attached hydrogens (tertiary/aromatic N) is 5. The number of aromatic nitrogens is 2. The minimum Gasteiger partial charge on any atom is -0.462 e. The summed E-state index contributed by atoms with van der Waals surface area (Å²) in [7, 11) is 0. The first-order valence-corrected chi connectivity index (χ1v) is 10.8. The van der Waals surface area contributed by atoms with Gasteiger partial charge in [-0.05, 0) is 43.3 Å². The summed E-state index contributed by atoms with van der Waals surface area (Å²) in [5.41, 5.74) is 1.19. The largest absolute Gasteiger partial charge is 0.462 e. The van der Waals surface area contributed by atoms with Gasteiger partial charge in [-0.2, -0.15) is 0 Å². The van der Waals surface area contributed by atoms with Gasteiger partial charge in [0, 0.05) is 31.9 Å². The molecule has 0 saturated carbocycles. The zero-order valence-electron chi connectivity index (χ0n) is 18.5. The predicted molar refractivity (Wildman–Crippen MR) is 125 cm³/mol. The highest BCUT2D eigenvalue weighted by Gasteiger charge is 2.30. The van der Waals surface area contributed by atoms with Crippen molar-refractivity contribution < 1.29 is 18.8 Å². The lowest BCUT2D eigenvalue weighted by Crippen LogP contribution is -2.47. The Labute approximate surface area is 195 Å². The monoisotopic (exact) mass is 466 g/mol. The van der Waals surface area contributed by atoms with Crippen molar-refractivity contribution in [1.82, 2.24) is 9.97 Å². The standard InChI is InChI=1S/C23H23FN6O4/c1-2-34-23(31)18-5-3-4-6-19(18)27-21-20(30(32)33)22(26-15-25-21)29-13-11-28(12-14-29)17-9-7-16(24)8-10-17/h3-10,15H,2,11-14H2,1H3,(H,25,26,27). The number of benzene rings is 2. The predicted octanol–water partition coefficient (Wildman–Crippen LogP) is 3.77. The fraction of sp³-hybridized carbons (Fsp3) is 0.261. The fourth-order valence-corrected chi connectivity index (χ4v) is 3.80. The van der Waals surface area contributed by atoms with E-state index in [0.717, 1.165) is 5.69 Å². The van der Waals surface area contributed by atoms with E-state index in [1.807, 2.05) is 4.90 Å². The van der Waals surface area contributed by atoms with Crippen LogP contribution >= 0.6 is 0 Å². The van der Waals surface area contributed by atoms with Gasteiger partial charge in [0.05, 0.1) is 22.8 Å². The Hall–Kier alpha value is -4.28. The van der Waals surface area contributed by atoms with Crippen molar-refractivity contribution in [3.63, 3.8) is 0 Å². The molecule has 1 fully saturated rings. The van der Waals surface area contributed by atoms with Gasteiger partial charge in [0.15, 0.2) is 0 Å². The van der Waals surface area contributed by atoms with E-state index in [1.165, 1.54) is 18.5 Å². The first kappa shape index (κ1) is 22.9. The van der Waals surface area contributed by atoms with Gasteiger partial charge in [-0.15, -0.1) is 0 Å². The second-order valence-electron chi connectivity index (χ2n) is 7.49. The molecule has 0 aliphatic carbocycles. The molecule has 0 amide bonds. The van der Waals surface area contributed by atoms with E-state index in [1.54, 1.807) is 43.3 Å². The molecule has 34 heavy (non-hydrogen) atoms. The highest BCUT2D eigenvalue weighted by molar-refractivity contribution is 5.96. The maximum atomic E-state index is 13.2. The number of anilines is 4. The van der Waals surface area contributed by atoms with E-state index in [2.05, 4.69) is 20.2 Å². The van der Waals surface area contributed by atoms with Gasteiger partial charge in [0.25, 0.3) is 0 Å². The minimum absolute atomic E-state index is 0.0206. The molecule has 1 aromatic heterocycles. The number of halogens is 1. The van der Waals surface area contributed by atoms with Crippen molar-refractivity contribution in [1.29, 1.82) is 0 Å². The van der Waals surface area contributed by atoms with Gasteiger partial charge in [0.1, 0.15) is 12.1 Å². The topological polar surface area (TPSA) is 114 Å². The average Bonchev–Trinajstić information content (AvgIpc) is 2.85. The molecule has 0 atom stereocenters. The van der Waals surface area contributed by atoms with Gasteiger partial charge in [-0.25, -0.2) is 19.2 Å². The van der Waals surface area contributed by atoms with E-state index in [9.17, 15) is 19.3 Å². The summed E-state index contributed by atoms with van der Waals surface area (Å²) in [5, 5.41) is 15.0. The molecule has 1 saturated heterocycles. The maximum Gasteiger partial charge on any atom is 0.353 e. The number of piperazine rings is 1. The number of hydrogen-bond acceptors (Lipinski definition) is 9. The molecule has 176 valence electrons. The highest BCUT2D eigenvalue weighted by Crippen LogP contribution is 2.35. The van der Waals surface area contributed by atoms with E-state index >= 15 is 0 Å². The Bertz CT molecular complexity index is 1180. The Morgan fingerprint density at radius 1 is 1.09 bits per heavy atom. The molecule has 0 unspecified atom stereocenters. The highest BCUT2D eigenvalue weighted by atomic mass is 19.1. The van der Waals surface area contributed by atoms with Gasteiger partial charge in [0.2, 0.25) is 11.6 Å². The smallest absolute Gasteiger partial charge is 0.353 e. The van der Waals surface area contributed by atoms with Crippen molar-refractivity contribution >= 4 is 34.7 Å². The third kappa shape index (κ3) is 4.87. The quantitative estimate of drug-likeness (QED) is 0.316. The van der Waals surface area contributed by atoms with Crippen LogP contribution in [0.3, 0.4) is 0 Å². The molecule has 0 radical (unpaired) electrons. The van der Waals surface area contributed by atoms with Crippen LogP contribution in [0.15, 0.2) is 54.9 Å². The van der Waals surface area contributed by atoms with Crippen molar-refractivity contribution in [3.05, 3.63) is 76.4 Å². The van der Waals surface area contributed by atoms with Crippen LogP contribution in [0.25, 0.3) is 0 Å². The lowest BCUT2D eigenvalue weighted by atomic mass is 10.1. The molecule has 1 aliphatic rings. The molecule has 0 bridgehead atoms. The van der Waals surface area contributed by atoms with Crippen LogP contribution < -0.4 is 15.1 Å². The number of para-hydroxylation sites is 1. The molecule has 2 aromatic carbocycles. The molecule has 11 heteroatoms. The Morgan fingerprint density at radius 2 is 1.76 bits per heavy atom. The number of nitrogens with one attached hydrogen (secondary N) is 1. The molecule has 4 rings (SSSR count). The van der Waals surface area contributed by atoms with E-state index in [0.29, 0.717) is 31.9 Å². The lowest BCUT2D eigenvalue weighted by molar-refractivity contribution is -0.383. The second-order valence-corrected chi connectivity index (χ2v) is 7.49. The van der Waals surface area contributed by atoms with Crippen LogP contribution in [0.1, 0.15) is 17.3 Å². The van der Waals surface area contributed by atoms with Crippen LogP contribution in [0.2, 0.25) is 0 Å². The zero-order valence-corrected chi connectivity index (χ0v) is 18.5. The van der Waals surface area contributed by atoms with Gasteiger partial charge in [-0.1, -0.05) is 12.1 Å². The minimum atomic E-state index is -0.542. The maximum absolute atomic E-state index is 13.2. The molecular weight excluding hydrogens is 443 g/mol. The normalized spacial score (nSPS) is 13.5. The van der Waals surface area contributed by atoms with Crippen LogP contribution in [-0.4, -0.2) is 53.6 Å². The average molecular weight is 466 g/mol. The van der Waals surface area contributed by atoms with Gasteiger partial charge < -0.3 is 19.9 Å². The summed E-state index contributed by atoms with van der Waals surface area (Å²) < 4.78 is 18.3. The summed E-state index contributed by atoms with van der Waals surface area (Å²) in [6, 6.07) is 12.8. The first-order valence-electron chi connectivity index (χ1n) is 10.8. The number of hydrogen-bond donors (Lipinski definition) is 1. The summed E-state index contributed by atoms with van der Waals surface area (Å²) >= 11 is 0. The number of nitro groups is 1. The Morgan fingerprint density at radius 3 is 2.44 bits per heavy atom. The number of carbonyl (C=O) groups excluding carboxylic acids is 1. The van der Waals surface area contributed by atoms with Crippen LogP contribution in [0.5, 0.6) is 0 Å². The SMILES string of the molecule is CCOC(=O)c1ccccc1Nc1ncnc(N2CCN(c3ccc(F)cc3)CC2)c1[N+](=O)[O-]. The third-order valence-corrected chi connectivity index (χ3v) is 5.43. The lowest BCUT2D eigenvalue weighted by Gasteiger charge is -2.36. The van der Waals surface area contributed by atoms with Gasteiger partial charge in [-0.3, -0.25) is 10.1 Å². The summed E-state index contributed by atoms with van der Waals surface area (Å²) in [6.07, 6.45) is 1.25. The fourth-order valence-electron chi connectivity index (χ4n) is 3.80. The molecule has 2 heterocycles. The molecule has 0 spiro atoms. The van der Waals surface area contributed by atoms with Crippen molar-refractivity contribution in [3.8, 4) is 0 Å².